The third-order valence-electron chi connectivity index (χ3n) is 2.59. The third-order valence-corrected chi connectivity index (χ3v) is 2.59. The zero-order chi connectivity index (χ0) is 13.8. The van der Waals surface area contributed by atoms with Crippen LogP contribution in [-0.2, 0) is 0 Å². The molecule has 19 heavy (non-hydrogen) atoms. The number of hydrogen-bond acceptors (Lipinski definition) is 4. The van der Waals surface area contributed by atoms with Crippen LogP contribution >= 0.6 is 0 Å². The molecule has 0 atom stereocenters. The molecule has 0 spiro atoms. The molecule has 0 aliphatic heterocycles. The van der Waals surface area contributed by atoms with Crippen LogP contribution in [0.2, 0.25) is 0 Å². The Morgan fingerprint density at radius 2 is 1.79 bits per heavy atom. The summed E-state index contributed by atoms with van der Waals surface area (Å²) in [5.74, 6) is 0.00374. The van der Waals surface area contributed by atoms with Crippen molar-refractivity contribution in [2.45, 2.75) is 6.92 Å². The van der Waals surface area contributed by atoms with Gasteiger partial charge in [0, 0.05) is 23.0 Å². The SMILES string of the molecule is CC(=O)c1ccc(NC(=O)c2ccnc(N)c2)cc1. The van der Waals surface area contributed by atoms with Crippen molar-refractivity contribution >= 4 is 23.2 Å². The fourth-order valence-corrected chi connectivity index (χ4v) is 1.58. The zero-order valence-electron chi connectivity index (χ0n) is 10.4. The van der Waals surface area contributed by atoms with Gasteiger partial charge in [0.2, 0.25) is 0 Å². The van der Waals surface area contributed by atoms with E-state index in [1.807, 2.05) is 0 Å². The molecule has 0 bridgehead atoms. The van der Waals surface area contributed by atoms with Gasteiger partial charge in [-0.1, -0.05) is 0 Å². The summed E-state index contributed by atoms with van der Waals surface area (Å²) >= 11 is 0. The van der Waals surface area contributed by atoms with E-state index in [9.17, 15) is 9.59 Å². The number of anilines is 2. The number of nitrogens with zero attached hydrogens (tertiary/aromatic N) is 1. The second-order valence-electron chi connectivity index (χ2n) is 4.06. The third kappa shape index (κ3) is 3.16. The summed E-state index contributed by atoms with van der Waals surface area (Å²) in [5, 5.41) is 2.72. The molecule has 2 rings (SSSR count). The minimum Gasteiger partial charge on any atom is -0.384 e. The van der Waals surface area contributed by atoms with E-state index >= 15 is 0 Å². The molecular weight excluding hydrogens is 242 g/mol. The van der Waals surface area contributed by atoms with Gasteiger partial charge in [0.05, 0.1) is 0 Å². The lowest BCUT2D eigenvalue weighted by molar-refractivity contribution is 0.101. The summed E-state index contributed by atoms with van der Waals surface area (Å²) in [6.07, 6.45) is 1.48. The van der Waals surface area contributed by atoms with Gasteiger partial charge in [-0.3, -0.25) is 9.59 Å². The van der Waals surface area contributed by atoms with Gasteiger partial charge in [0.15, 0.2) is 5.78 Å². The van der Waals surface area contributed by atoms with Crippen molar-refractivity contribution in [3.63, 3.8) is 0 Å². The maximum atomic E-state index is 11.9. The quantitative estimate of drug-likeness (QED) is 0.822. The molecule has 0 saturated heterocycles. The Hall–Kier alpha value is -2.69. The van der Waals surface area contributed by atoms with Gasteiger partial charge < -0.3 is 11.1 Å². The standard InChI is InChI=1S/C14H13N3O2/c1-9(18)10-2-4-12(5-3-10)17-14(19)11-6-7-16-13(15)8-11/h2-8H,1H3,(H2,15,16)(H,17,19). The lowest BCUT2D eigenvalue weighted by Crippen LogP contribution is -2.12. The molecule has 0 unspecified atom stereocenters. The Balaban J connectivity index is 2.13. The summed E-state index contributed by atoms with van der Waals surface area (Å²) in [5.41, 5.74) is 7.17. The molecule has 96 valence electrons. The Kier molecular flexibility index (Phi) is 3.56. The number of pyridine rings is 1. The molecule has 1 aromatic heterocycles. The molecule has 0 fully saturated rings. The monoisotopic (exact) mass is 255 g/mol. The topological polar surface area (TPSA) is 85.1 Å². The number of nitrogens with one attached hydrogen (secondary N) is 1. The molecule has 0 saturated carbocycles. The number of carbonyl (C=O) groups is 2. The van der Waals surface area contributed by atoms with Crippen LogP contribution in [0.15, 0.2) is 42.6 Å². The Morgan fingerprint density at radius 1 is 1.11 bits per heavy atom. The molecule has 5 nitrogen and oxygen atoms in total. The van der Waals surface area contributed by atoms with Crippen molar-refractivity contribution in [1.82, 2.24) is 4.98 Å². The number of Topliss-reactive ketones (excluding diaryl/α,β-unsaturated/α-hetero) is 1. The van der Waals surface area contributed by atoms with Crippen LogP contribution in [-0.4, -0.2) is 16.7 Å². The van der Waals surface area contributed by atoms with E-state index in [-0.39, 0.29) is 11.7 Å². The average Bonchev–Trinajstić information content (AvgIpc) is 2.39. The van der Waals surface area contributed by atoms with Crippen LogP contribution in [0.4, 0.5) is 11.5 Å². The fraction of sp³-hybridized carbons (Fsp3) is 0.0714. The van der Waals surface area contributed by atoms with E-state index in [4.69, 9.17) is 5.73 Å². The number of rotatable bonds is 3. The fourth-order valence-electron chi connectivity index (χ4n) is 1.58. The summed E-state index contributed by atoms with van der Waals surface area (Å²) in [6, 6.07) is 9.77. The predicted molar refractivity (Wildman–Crippen MR) is 73.0 cm³/mol. The van der Waals surface area contributed by atoms with E-state index in [1.54, 1.807) is 30.3 Å². The second kappa shape index (κ2) is 5.30. The van der Waals surface area contributed by atoms with Crippen LogP contribution in [0.5, 0.6) is 0 Å². The van der Waals surface area contributed by atoms with Gasteiger partial charge in [0.25, 0.3) is 5.91 Å². The smallest absolute Gasteiger partial charge is 0.255 e. The molecule has 1 heterocycles. The molecule has 0 aliphatic carbocycles. The van der Waals surface area contributed by atoms with Crippen molar-refractivity contribution in [2.24, 2.45) is 0 Å². The van der Waals surface area contributed by atoms with E-state index in [0.717, 1.165) is 0 Å². The minimum atomic E-state index is -0.273. The van der Waals surface area contributed by atoms with Crippen molar-refractivity contribution in [1.29, 1.82) is 0 Å². The van der Waals surface area contributed by atoms with Crippen molar-refractivity contribution < 1.29 is 9.59 Å². The highest BCUT2D eigenvalue weighted by atomic mass is 16.1. The van der Waals surface area contributed by atoms with Crippen LogP contribution < -0.4 is 11.1 Å². The zero-order valence-corrected chi connectivity index (χ0v) is 10.4. The first kappa shape index (κ1) is 12.8. The maximum Gasteiger partial charge on any atom is 0.255 e. The summed E-state index contributed by atoms with van der Waals surface area (Å²) in [4.78, 5) is 26.9. The minimum absolute atomic E-state index is 0.0141. The number of hydrogen-bond donors (Lipinski definition) is 2. The molecule has 1 aromatic carbocycles. The van der Waals surface area contributed by atoms with E-state index in [0.29, 0.717) is 22.6 Å². The molecule has 2 aromatic rings. The highest BCUT2D eigenvalue weighted by Gasteiger charge is 2.07. The predicted octanol–water partition coefficient (Wildman–Crippen LogP) is 2.12. The van der Waals surface area contributed by atoms with E-state index in [2.05, 4.69) is 10.3 Å². The van der Waals surface area contributed by atoms with Gasteiger partial charge in [-0.05, 0) is 43.3 Å². The highest BCUT2D eigenvalue weighted by molar-refractivity contribution is 6.04. The maximum absolute atomic E-state index is 11.9. The van der Waals surface area contributed by atoms with Crippen molar-refractivity contribution in [3.8, 4) is 0 Å². The molecule has 3 N–H and O–H groups in total. The van der Waals surface area contributed by atoms with Gasteiger partial charge in [-0.15, -0.1) is 0 Å². The van der Waals surface area contributed by atoms with E-state index in [1.165, 1.54) is 19.2 Å². The molecular formula is C14H13N3O2. The van der Waals surface area contributed by atoms with Gasteiger partial charge >= 0.3 is 0 Å². The number of nitrogens with two attached hydrogens (primary N) is 1. The van der Waals surface area contributed by atoms with Crippen LogP contribution in [0, 0.1) is 0 Å². The summed E-state index contributed by atoms with van der Waals surface area (Å²) in [6.45, 7) is 1.49. The van der Waals surface area contributed by atoms with Gasteiger partial charge in [0.1, 0.15) is 5.82 Å². The number of benzene rings is 1. The van der Waals surface area contributed by atoms with Gasteiger partial charge in [-0.25, -0.2) is 4.98 Å². The first-order valence-electron chi connectivity index (χ1n) is 5.70. The number of carbonyl (C=O) groups excluding carboxylic acids is 2. The number of amides is 1. The Morgan fingerprint density at radius 3 is 2.37 bits per heavy atom. The van der Waals surface area contributed by atoms with E-state index < -0.39 is 0 Å². The van der Waals surface area contributed by atoms with Crippen LogP contribution in [0.3, 0.4) is 0 Å². The van der Waals surface area contributed by atoms with Crippen molar-refractivity contribution in [3.05, 3.63) is 53.7 Å². The first-order valence-corrected chi connectivity index (χ1v) is 5.70. The number of ketones is 1. The molecule has 5 heteroatoms. The lowest BCUT2D eigenvalue weighted by Gasteiger charge is -2.06. The average molecular weight is 255 g/mol. The van der Waals surface area contributed by atoms with Crippen molar-refractivity contribution in [2.75, 3.05) is 11.1 Å². The number of aromatic nitrogens is 1. The highest BCUT2D eigenvalue weighted by Crippen LogP contribution is 2.12. The van der Waals surface area contributed by atoms with Gasteiger partial charge in [-0.2, -0.15) is 0 Å². The first-order chi connectivity index (χ1) is 9.06. The summed E-state index contributed by atoms with van der Waals surface area (Å²) < 4.78 is 0. The summed E-state index contributed by atoms with van der Waals surface area (Å²) in [7, 11) is 0. The Bertz CT molecular complexity index is 621. The van der Waals surface area contributed by atoms with Crippen LogP contribution in [0.1, 0.15) is 27.6 Å². The lowest BCUT2D eigenvalue weighted by atomic mass is 10.1. The molecule has 0 radical (unpaired) electrons. The molecule has 1 amide bonds. The second-order valence-corrected chi connectivity index (χ2v) is 4.06. The largest absolute Gasteiger partial charge is 0.384 e. The van der Waals surface area contributed by atoms with Crippen LogP contribution in [0.25, 0.3) is 0 Å². The molecule has 0 aliphatic rings. The normalized spacial score (nSPS) is 9.95. The Labute approximate surface area is 110 Å². The number of nitrogen functional groups attached to an aromatic ring is 1.